The third kappa shape index (κ3) is 1.18. The molecule has 2 unspecified atom stereocenters. The quantitative estimate of drug-likeness (QED) is 0.739. The van der Waals surface area contributed by atoms with Gasteiger partial charge in [-0.2, -0.15) is 5.10 Å². The summed E-state index contributed by atoms with van der Waals surface area (Å²) in [6.07, 6.45) is 2.00. The van der Waals surface area contributed by atoms with Gasteiger partial charge in [-0.05, 0) is 23.9 Å². The zero-order valence-corrected chi connectivity index (χ0v) is 8.49. The summed E-state index contributed by atoms with van der Waals surface area (Å²) < 4.78 is 1.86. The first-order chi connectivity index (χ1) is 6.07. The lowest BCUT2D eigenvalue weighted by molar-refractivity contribution is 0.556. The lowest BCUT2D eigenvalue weighted by Gasteiger charge is -1.98. The third-order valence-corrected chi connectivity index (χ3v) is 3.36. The molecule has 72 valence electrons. The Labute approximate surface area is 78.9 Å². The summed E-state index contributed by atoms with van der Waals surface area (Å²) >= 11 is 0. The molecule has 0 aliphatic heterocycles. The summed E-state index contributed by atoms with van der Waals surface area (Å²) in [6, 6.07) is 2.10. The van der Waals surface area contributed by atoms with Gasteiger partial charge in [0.25, 0.3) is 0 Å². The molecule has 2 N–H and O–H groups in total. The van der Waals surface area contributed by atoms with Crippen molar-refractivity contribution in [2.75, 3.05) is 6.54 Å². The predicted octanol–water partition coefficient (Wildman–Crippen LogP) is 1.12. The Morgan fingerprint density at radius 2 is 2.31 bits per heavy atom. The van der Waals surface area contributed by atoms with Gasteiger partial charge in [-0.3, -0.25) is 4.68 Å². The van der Waals surface area contributed by atoms with Crippen LogP contribution in [0, 0.1) is 11.3 Å². The number of hydrogen-bond donors (Lipinski definition) is 1. The van der Waals surface area contributed by atoms with Crippen LogP contribution in [-0.4, -0.2) is 16.3 Å². The number of aryl methyl sites for hydroxylation is 1. The average molecular weight is 179 g/mol. The minimum absolute atomic E-state index is 0.350. The van der Waals surface area contributed by atoms with E-state index in [0.29, 0.717) is 17.3 Å². The van der Waals surface area contributed by atoms with Crippen molar-refractivity contribution in [1.82, 2.24) is 9.78 Å². The molecule has 2 atom stereocenters. The molecule has 0 aromatic carbocycles. The van der Waals surface area contributed by atoms with E-state index in [-0.39, 0.29) is 0 Å². The molecule has 3 heteroatoms. The zero-order valence-electron chi connectivity index (χ0n) is 8.49. The van der Waals surface area contributed by atoms with Crippen molar-refractivity contribution >= 4 is 0 Å². The topological polar surface area (TPSA) is 43.8 Å². The fraction of sp³-hybridized carbons (Fsp3) is 0.700. The third-order valence-electron chi connectivity index (χ3n) is 3.36. The molecule has 1 saturated carbocycles. The highest BCUT2D eigenvalue weighted by molar-refractivity contribution is 5.25. The molecule has 1 aromatic heterocycles. The highest BCUT2D eigenvalue weighted by Crippen LogP contribution is 2.63. The van der Waals surface area contributed by atoms with Crippen molar-refractivity contribution in [2.24, 2.45) is 24.1 Å². The summed E-state index contributed by atoms with van der Waals surface area (Å²) in [6.45, 7) is 5.31. The fourth-order valence-electron chi connectivity index (χ4n) is 2.37. The minimum atomic E-state index is 0.350. The van der Waals surface area contributed by atoms with Crippen LogP contribution >= 0.6 is 0 Å². The largest absolute Gasteiger partial charge is 0.330 e. The number of aromatic nitrogens is 2. The average Bonchev–Trinajstić information content (AvgIpc) is 2.41. The van der Waals surface area contributed by atoms with Crippen LogP contribution in [0.5, 0.6) is 0 Å². The second kappa shape index (κ2) is 2.58. The second-order valence-electron chi connectivity index (χ2n) is 4.56. The Hall–Kier alpha value is -0.830. The van der Waals surface area contributed by atoms with Crippen LogP contribution in [0.3, 0.4) is 0 Å². The first-order valence-electron chi connectivity index (χ1n) is 4.77. The van der Waals surface area contributed by atoms with Crippen LogP contribution in [0.2, 0.25) is 0 Å². The SMILES string of the molecule is Cn1ccc(C2C(CN)C2(C)C)n1. The lowest BCUT2D eigenvalue weighted by Crippen LogP contribution is -2.05. The van der Waals surface area contributed by atoms with Crippen LogP contribution in [0.25, 0.3) is 0 Å². The highest BCUT2D eigenvalue weighted by Gasteiger charge is 2.58. The summed E-state index contributed by atoms with van der Waals surface area (Å²) in [4.78, 5) is 0. The maximum absolute atomic E-state index is 5.71. The molecule has 0 saturated heterocycles. The van der Waals surface area contributed by atoms with Gasteiger partial charge in [0.2, 0.25) is 0 Å². The van der Waals surface area contributed by atoms with Crippen LogP contribution < -0.4 is 5.73 Å². The molecule has 0 bridgehead atoms. The molecule has 13 heavy (non-hydrogen) atoms. The molecule has 0 radical (unpaired) electrons. The van der Waals surface area contributed by atoms with E-state index in [4.69, 9.17) is 5.73 Å². The second-order valence-corrected chi connectivity index (χ2v) is 4.56. The molecular formula is C10H17N3. The smallest absolute Gasteiger partial charge is 0.0664 e. The molecule has 0 spiro atoms. The molecule has 1 heterocycles. The van der Waals surface area contributed by atoms with Gasteiger partial charge >= 0.3 is 0 Å². The zero-order chi connectivity index (χ0) is 9.64. The highest BCUT2D eigenvalue weighted by atomic mass is 15.3. The number of hydrogen-bond acceptors (Lipinski definition) is 2. The van der Waals surface area contributed by atoms with E-state index < -0.39 is 0 Å². The summed E-state index contributed by atoms with van der Waals surface area (Å²) in [7, 11) is 1.95. The first-order valence-corrected chi connectivity index (χ1v) is 4.77. The molecular weight excluding hydrogens is 162 g/mol. The van der Waals surface area contributed by atoms with E-state index in [1.807, 2.05) is 17.9 Å². The Balaban J connectivity index is 2.21. The Morgan fingerprint density at radius 3 is 2.69 bits per heavy atom. The minimum Gasteiger partial charge on any atom is -0.330 e. The molecule has 1 fully saturated rings. The number of rotatable bonds is 2. The predicted molar refractivity (Wildman–Crippen MR) is 52.3 cm³/mol. The van der Waals surface area contributed by atoms with Crippen molar-refractivity contribution in [1.29, 1.82) is 0 Å². The van der Waals surface area contributed by atoms with E-state index in [0.717, 1.165) is 6.54 Å². The van der Waals surface area contributed by atoms with Crippen molar-refractivity contribution in [3.63, 3.8) is 0 Å². The Kier molecular flexibility index (Phi) is 1.74. The maximum Gasteiger partial charge on any atom is 0.0664 e. The molecule has 0 amide bonds. The summed E-state index contributed by atoms with van der Waals surface area (Å²) in [5.74, 6) is 1.18. The van der Waals surface area contributed by atoms with E-state index in [1.54, 1.807) is 0 Å². The van der Waals surface area contributed by atoms with Crippen molar-refractivity contribution in [3.8, 4) is 0 Å². The van der Waals surface area contributed by atoms with Crippen LogP contribution in [0.1, 0.15) is 25.5 Å². The molecule has 2 rings (SSSR count). The van der Waals surface area contributed by atoms with E-state index in [2.05, 4.69) is 25.0 Å². The standard InChI is InChI=1S/C10H17N3/c1-10(2)7(6-11)9(10)8-4-5-13(3)12-8/h4-5,7,9H,6,11H2,1-3H3. The van der Waals surface area contributed by atoms with Crippen LogP contribution in [0.15, 0.2) is 12.3 Å². The van der Waals surface area contributed by atoms with Gasteiger partial charge in [-0.1, -0.05) is 13.8 Å². The van der Waals surface area contributed by atoms with Gasteiger partial charge < -0.3 is 5.73 Å². The van der Waals surface area contributed by atoms with Gasteiger partial charge in [0, 0.05) is 19.2 Å². The van der Waals surface area contributed by atoms with E-state index >= 15 is 0 Å². The van der Waals surface area contributed by atoms with Gasteiger partial charge in [-0.25, -0.2) is 0 Å². The van der Waals surface area contributed by atoms with Crippen LogP contribution in [-0.2, 0) is 7.05 Å². The van der Waals surface area contributed by atoms with Gasteiger partial charge in [0.05, 0.1) is 5.69 Å². The van der Waals surface area contributed by atoms with Crippen molar-refractivity contribution < 1.29 is 0 Å². The Morgan fingerprint density at radius 1 is 1.62 bits per heavy atom. The lowest BCUT2D eigenvalue weighted by atomic mass is 10.1. The van der Waals surface area contributed by atoms with E-state index in [9.17, 15) is 0 Å². The summed E-state index contributed by atoms with van der Waals surface area (Å²) in [5.41, 5.74) is 7.26. The first kappa shape index (κ1) is 8.75. The van der Waals surface area contributed by atoms with Gasteiger partial charge in [0.15, 0.2) is 0 Å². The molecule has 1 aliphatic carbocycles. The van der Waals surface area contributed by atoms with Gasteiger partial charge in [0.1, 0.15) is 0 Å². The van der Waals surface area contributed by atoms with Crippen LogP contribution in [0.4, 0.5) is 0 Å². The van der Waals surface area contributed by atoms with Crippen molar-refractivity contribution in [2.45, 2.75) is 19.8 Å². The molecule has 3 nitrogen and oxygen atoms in total. The maximum atomic E-state index is 5.71. The normalized spacial score (nSPS) is 30.5. The van der Waals surface area contributed by atoms with Crippen molar-refractivity contribution in [3.05, 3.63) is 18.0 Å². The number of nitrogens with zero attached hydrogens (tertiary/aromatic N) is 2. The molecule has 1 aliphatic rings. The monoisotopic (exact) mass is 179 g/mol. The number of nitrogens with two attached hydrogens (primary N) is 1. The summed E-state index contributed by atoms with van der Waals surface area (Å²) in [5, 5.41) is 4.43. The Bertz CT molecular complexity index is 314. The fourth-order valence-corrected chi connectivity index (χ4v) is 2.37. The van der Waals surface area contributed by atoms with Gasteiger partial charge in [-0.15, -0.1) is 0 Å². The van der Waals surface area contributed by atoms with E-state index in [1.165, 1.54) is 5.69 Å². The molecule has 1 aromatic rings.